The van der Waals surface area contributed by atoms with E-state index in [9.17, 15) is 9.59 Å². The van der Waals surface area contributed by atoms with E-state index in [2.05, 4.69) is 0 Å². The highest BCUT2D eigenvalue weighted by atomic mass is 16.7. The first-order valence-corrected chi connectivity index (χ1v) is 7.09. The van der Waals surface area contributed by atoms with Crippen molar-refractivity contribution in [3.8, 4) is 11.5 Å². The molecule has 1 saturated heterocycles. The van der Waals surface area contributed by atoms with E-state index in [1.165, 1.54) is 4.90 Å². The summed E-state index contributed by atoms with van der Waals surface area (Å²) in [5, 5.41) is 0. The summed E-state index contributed by atoms with van der Waals surface area (Å²) in [7, 11) is 0. The molecule has 6 nitrogen and oxygen atoms in total. The van der Waals surface area contributed by atoms with Crippen molar-refractivity contribution >= 4 is 17.6 Å². The molecule has 1 aromatic carbocycles. The van der Waals surface area contributed by atoms with Gasteiger partial charge in [0, 0.05) is 18.2 Å². The van der Waals surface area contributed by atoms with Crippen LogP contribution in [0.25, 0.3) is 0 Å². The summed E-state index contributed by atoms with van der Waals surface area (Å²) in [4.78, 5) is 25.9. The molecule has 6 heteroatoms. The fraction of sp³-hybridized carbons (Fsp3) is 0.467. The molecule has 0 saturated carbocycles. The van der Waals surface area contributed by atoms with Crippen molar-refractivity contribution in [2.75, 3.05) is 18.3 Å². The zero-order chi connectivity index (χ0) is 14.8. The van der Waals surface area contributed by atoms with Crippen molar-refractivity contribution in [1.82, 2.24) is 0 Å². The number of hydrogen-bond donors (Lipinski definition) is 0. The van der Waals surface area contributed by atoms with E-state index in [1.54, 1.807) is 25.1 Å². The zero-order valence-corrected chi connectivity index (χ0v) is 11.8. The van der Waals surface area contributed by atoms with Crippen LogP contribution in [-0.2, 0) is 14.3 Å². The molecule has 2 aliphatic rings. The molecule has 112 valence electrons. The van der Waals surface area contributed by atoms with Crippen LogP contribution in [0.3, 0.4) is 0 Å². The first kappa shape index (κ1) is 13.7. The van der Waals surface area contributed by atoms with E-state index in [0.29, 0.717) is 43.1 Å². The average Bonchev–Trinajstić information content (AvgIpc) is 2.94. The molecule has 1 aromatic rings. The molecular weight excluding hydrogens is 274 g/mol. The molecule has 1 amide bonds. The van der Waals surface area contributed by atoms with Crippen LogP contribution in [0.15, 0.2) is 18.2 Å². The summed E-state index contributed by atoms with van der Waals surface area (Å²) in [6.07, 6.45) is 1.74. The van der Waals surface area contributed by atoms with Crippen molar-refractivity contribution in [3.05, 3.63) is 18.2 Å². The monoisotopic (exact) mass is 291 g/mol. The third kappa shape index (κ3) is 2.53. The van der Waals surface area contributed by atoms with Crippen molar-refractivity contribution in [2.24, 2.45) is 0 Å². The second-order valence-electron chi connectivity index (χ2n) is 4.96. The van der Waals surface area contributed by atoms with E-state index < -0.39 is 6.04 Å². The fourth-order valence-corrected chi connectivity index (χ4v) is 2.69. The van der Waals surface area contributed by atoms with Gasteiger partial charge in [-0.15, -0.1) is 0 Å². The van der Waals surface area contributed by atoms with Crippen LogP contribution >= 0.6 is 0 Å². The summed E-state index contributed by atoms with van der Waals surface area (Å²) in [5.41, 5.74) is 0.641. The molecule has 0 aliphatic carbocycles. The van der Waals surface area contributed by atoms with Crippen LogP contribution in [0.2, 0.25) is 0 Å². The Balaban J connectivity index is 1.91. The lowest BCUT2D eigenvalue weighted by Crippen LogP contribution is -2.49. The van der Waals surface area contributed by atoms with Gasteiger partial charge in [-0.2, -0.15) is 0 Å². The summed E-state index contributed by atoms with van der Waals surface area (Å²) in [6, 6.07) is 4.69. The molecule has 2 heterocycles. The molecule has 0 spiro atoms. The maximum absolute atomic E-state index is 12.3. The quantitative estimate of drug-likeness (QED) is 0.795. The number of anilines is 1. The van der Waals surface area contributed by atoms with Crippen LogP contribution in [0.5, 0.6) is 11.5 Å². The van der Waals surface area contributed by atoms with Crippen molar-refractivity contribution in [3.63, 3.8) is 0 Å². The van der Waals surface area contributed by atoms with E-state index >= 15 is 0 Å². The number of nitrogens with zero attached hydrogens (tertiary/aromatic N) is 1. The maximum Gasteiger partial charge on any atom is 0.329 e. The van der Waals surface area contributed by atoms with E-state index in [0.717, 1.165) is 0 Å². The number of rotatable bonds is 3. The van der Waals surface area contributed by atoms with Gasteiger partial charge in [-0.25, -0.2) is 4.79 Å². The Morgan fingerprint density at radius 3 is 3.00 bits per heavy atom. The van der Waals surface area contributed by atoms with Crippen LogP contribution in [0, 0.1) is 0 Å². The summed E-state index contributed by atoms with van der Waals surface area (Å²) in [6.45, 7) is 2.24. The van der Waals surface area contributed by atoms with Gasteiger partial charge in [0.05, 0.1) is 6.61 Å². The first-order chi connectivity index (χ1) is 10.2. The number of benzene rings is 1. The number of hydrogen-bond acceptors (Lipinski definition) is 5. The van der Waals surface area contributed by atoms with E-state index in [1.807, 2.05) is 0 Å². The Morgan fingerprint density at radius 2 is 2.19 bits per heavy atom. The predicted octanol–water partition coefficient (Wildman–Crippen LogP) is 1.86. The van der Waals surface area contributed by atoms with E-state index in [-0.39, 0.29) is 18.7 Å². The molecule has 2 aliphatic heterocycles. The minimum Gasteiger partial charge on any atom is -0.464 e. The van der Waals surface area contributed by atoms with Crippen molar-refractivity contribution < 1.29 is 23.8 Å². The first-order valence-electron chi connectivity index (χ1n) is 7.09. The van der Waals surface area contributed by atoms with Gasteiger partial charge in [-0.05, 0) is 31.9 Å². The predicted molar refractivity (Wildman–Crippen MR) is 74.3 cm³/mol. The van der Waals surface area contributed by atoms with E-state index in [4.69, 9.17) is 14.2 Å². The highest BCUT2D eigenvalue weighted by molar-refractivity contribution is 6.00. The zero-order valence-electron chi connectivity index (χ0n) is 11.8. The van der Waals surface area contributed by atoms with Crippen LogP contribution in [0.1, 0.15) is 26.2 Å². The Hall–Kier alpha value is -2.24. The third-order valence-electron chi connectivity index (χ3n) is 3.64. The Kier molecular flexibility index (Phi) is 3.68. The minimum atomic E-state index is -0.563. The van der Waals surface area contributed by atoms with Crippen molar-refractivity contribution in [2.45, 2.75) is 32.2 Å². The number of amides is 1. The fourth-order valence-electron chi connectivity index (χ4n) is 2.69. The highest BCUT2D eigenvalue weighted by Crippen LogP contribution is 2.37. The molecule has 0 aromatic heterocycles. The summed E-state index contributed by atoms with van der Waals surface area (Å²) in [5.74, 6) is 0.811. The number of piperidine rings is 1. The molecule has 21 heavy (non-hydrogen) atoms. The average molecular weight is 291 g/mol. The van der Waals surface area contributed by atoms with Crippen LogP contribution in [-0.4, -0.2) is 31.3 Å². The van der Waals surface area contributed by atoms with Gasteiger partial charge in [-0.3, -0.25) is 9.69 Å². The SMILES string of the molecule is CCOC(=O)C1CCCC(=O)N1c1ccc2c(c1)OCO2. The Labute approximate surface area is 122 Å². The molecule has 0 bridgehead atoms. The molecule has 1 atom stereocenters. The highest BCUT2D eigenvalue weighted by Gasteiger charge is 2.35. The van der Waals surface area contributed by atoms with Gasteiger partial charge in [-0.1, -0.05) is 0 Å². The smallest absolute Gasteiger partial charge is 0.329 e. The standard InChI is InChI=1S/C15H17NO5/c1-2-19-15(18)11-4-3-5-14(17)16(11)10-6-7-12-13(8-10)21-9-20-12/h6-8,11H,2-5,9H2,1H3. The summed E-state index contributed by atoms with van der Waals surface area (Å²) >= 11 is 0. The van der Waals surface area contributed by atoms with Crippen LogP contribution < -0.4 is 14.4 Å². The normalized spacial score (nSPS) is 20.5. The molecular formula is C15H17NO5. The Bertz CT molecular complexity index is 571. The van der Waals surface area contributed by atoms with Crippen LogP contribution in [0.4, 0.5) is 5.69 Å². The topological polar surface area (TPSA) is 65.1 Å². The molecule has 0 N–H and O–H groups in total. The summed E-state index contributed by atoms with van der Waals surface area (Å²) < 4.78 is 15.7. The number of esters is 1. The molecule has 3 rings (SSSR count). The number of fused-ring (bicyclic) bond motifs is 1. The van der Waals surface area contributed by atoms with Gasteiger partial charge in [0.2, 0.25) is 12.7 Å². The van der Waals surface area contributed by atoms with Gasteiger partial charge in [0.25, 0.3) is 0 Å². The molecule has 1 unspecified atom stereocenters. The molecule has 0 radical (unpaired) electrons. The van der Waals surface area contributed by atoms with Crippen molar-refractivity contribution in [1.29, 1.82) is 0 Å². The van der Waals surface area contributed by atoms with Gasteiger partial charge in [0.15, 0.2) is 11.5 Å². The number of ether oxygens (including phenoxy) is 3. The van der Waals surface area contributed by atoms with Gasteiger partial charge in [0.1, 0.15) is 6.04 Å². The minimum absolute atomic E-state index is 0.0711. The second kappa shape index (κ2) is 5.63. The van der Waals surface area contributed by atoms with Gasteiger partial charge < -0.3 is 14.2 Å². The lowest BCUT2D eigenvalue weighted by Gasteiger charge is -2.34. The lowest BCUT2D eigenvalue weighted by molar-refractivity contribution is -0.146. The second-order valence-corrected chi connectivity index (χ2v) is 4.96. The molecule has 1 fully saturated rings. The maximum atomic E-state index is 12.3. The number of carbonyl (C=O) groups is 2. The Morgan fingerprint density at radius 1 is 1.38 bits per heavy atom. The lowest BCUT2D eigenvalue weighted by atomic mass is 10.0. The number of carbonyl (C=O) groups excluding carboxylic acids is 2. The largest absolute Gasteiger partial charge is 0.464 e. The third-order valence-corrected chi connectivity index (χ3v) is 3.64. The van der Waals surface area contributed by atoms with Gasteiger partial charge >= 0.3 is 5.97 Å².